The van der Waals surface area contributed by atoms with Gasteiger partial charge in [0.25, 0.3) is 5.91 Å². The van der Waals surface area contributed by atoms with Crippen molar-refractivity contribution in [3.63, 3.8) is 0 Å². The molecule has 1 saturated heterocycles. The van der Waals surface area contributed by atoms with Crippen molar-refractivity contribution in [1.29, 1.82) is 0 Å². The zero-order chi connectivity index (χ0) is 21.6. The molecule has 1 aromatic heterocycles. The van der Waals surface area contributed by atoms with Crippen LogP contribution in [-0.2, 0) is 19.6 Å². The Morgan fingerprint density at radius 1 is 1.10 bits per heavy atom. The largest absolute Gasteiger partial charge is 0.467 e. The Hall–Kier alpha value is -1.78. The van der Waals surface area contributed by atoms with E-state index in [0.717, 1.165) is 36.9 Å². The topological polar surface area (TPSA) is 111 Å². The number of sulfonamides is 1. The van der Waals surface area contributed by atoms with Gasteiger partial charge >= 0.3 is 0 Å². The van der Waals surface area contributed by atoms with Crippen molar-refractivity contribution >= 4 is 15.9 Å². The molecule has 6 rings (SSSR count). The molecule has 2 atom stereocenters. The fourth-order valence-corrected chi connectivity index (χ4v) is 6.85. The van der Waals surface area contributed by atoms with Crippen molar-refractivity contribution in [3.05, 3.63) is 17.6 Å². The lowest BCUT2D eigenvalue weighted by Gasteiger charge is -2.32. The van der Waals surface area contributed by atoms with Crippen molar-refractivity contribution in [1.82, 2.24) is 19.6 Å². The highest BCUT2D eigenvalue weighted by molar-refractivity contribution is 7.90. The Labute approximate surface area is 183 Å². The molecule has 0 spiro atoms. The molecule has 31 heavy (non-hydrogen) atoms. The molecule has 1 amide bonds. The quantitative estimate of drug-likeness (QED) is 0.738. The first-order valence-electron chi connectivity index (χ1n) is 11.3. The van der Waals surface area contributed by atoms with E-state index in [1.807, 2.05) is 6.92 Å². The number of nitrogens with zero attached hydrogens (tertiary/aromatic N) is 3. The molecule has 4 heterocycles. The fourth-order valence-electron chi connectivity index (χ4n) is 5.21. The Morgan fingerprint density at radius 3 is 2.61 bits per heavy atom. The van der Waals surface area contributed by atoms with E-state index < -0.39 is 10.0 Å². The summed E-state index contributed by atoms with van der Waals surface area (Å²) in [6.07, 6.45) is 7.33. The van der Waals surface area contributed by atoms with Crippen molar-refractivity contribution in [2.24, 2.45) is 0 Å². The van der Waals surface area contributed by atoms with Crippen LogP contribution < -0.4 is 9.46 Å². The van der Waals surface area contributed by atoms with Crippen molar-refractivity contribution in [3.8, 4) is 5.88 Å². The van der Waals surface area contributed by atoms with Gasteiger partial charge in [-0.3, -0.25) is 4.79 Å². The number of hydrogen-bond acceptors (Lipinski definition) is 7. The van der Waals surface area contributed by atoms with Crippen LogP contribution in [0, 0.1) is 6.92 Å². The number of aryl methyl sites for hydroxylation is 1. The van der Waals surface area contributed by atoms with Crippen LogP contribution in [0.15, 0.2) is 6.33 Å². The predicted molar refractivity (Wildman–Crippen MR) is 112 cm³/mol. The summed E-state index contributed by atoms with van der Waals surface area (Å²) in [5.74, 6) is 0.617. The second-order valence-electron chi connectivity index (χ2n) is 9.19. The average molecular weight is 451 g/mol. The second-order valence-corrected chi connectivity index (χ2v) is 11.2. The molecule has 5 aliphatic rings. The summed E-state index contributed by atoms with van der Waals surface area (Å²) >= 11 is 0. The van der Waals surface area contributed by atoms with Crippen LogP contribution >= 0.6 is 0 Å². The van der Waals surface area contributed by atoms with E-state index in [0.29, 0.717) is 44.2 Å². The normalized spacial score (nSPS) is 31.8. The molecule has 0 radical (unpaired) electrons. The van der Waals surface area contributed by atoms with E-state index in [-0.39, 0.29) is 36.0 Å². The molecule has 0 aromatic carbocycles. The third kappa shape index (κ3) is 4.29. The molecule has 1 aromatic rings. The van der Waals surface area contributed by atoms with Gasteiger partial charge in [-0.2, -0.15) is 0 Å². The molecular weight excluding hydrogens is 420 g/mol. The summed E-state index contributed by atoms with van der Waals surface area (Å²) < 4.78 is 40.1. The smallest absolute Gasteiger partial charge is 0.260 e. The summed E-state index contributed by atoms with van der Waals surface area (Å²) in [7, 11) is -3.34. The van der Waals surface area contributed by atoms with E-state index >= 15 is 0 Å². The molecule has 170 valence electrons. The van der Waals surface area contributed by atoms with E-state index in [4.69, 9.17) is 9.47 Å². The van der Waals surface area contributed by atoms with Gasteiger partial charge < -0.3 is 14.4 Å². The van der Waals surface area contributed by atoms with Crippen LogP contribution in [0.3, 0.4) is 0 Å². The maximum absolute atomic E-state index is 13.1. The molecular formula is C21H30N4O5S. The van der Waals surface area contributed by atoms with Crippen molar-refractivity contribution < 1.29 is 22.7 Å². The SMILES string of the molecule is Cc1ncnc2c1[C@H]1CC[C@H](CC1)OC[C@H]1[C@@H](NS(=O)(=O)C3CC3)CCN1C(=O)CO2. The van der Waals surface area contributed by atoms with Crippen LogP contribution in [0.5, 0.6) is 5.88 Å². The van der Waals surface area contributed by atoms with Gasteiger partial charge in [-0.25, -0.2) is 23.1 Å². The van der Waals surface area contributed by atoms with Crippen molar-refractivity contribution in [2.75, 3.05) is 19.8 Å². The van der Waals surface area contributed by atoms with E-state index in [9.17, 15) is 13.2 Å². The molecule has 1 N–H and O–H groups in total. The number of amides is 1. The van der Waals surface area contributed by atoms with Gasteiger partial charge in [-0.05, 0) is 57.8 Å². The summed E-state index contributed by atoms with van der Waals surface area (Å²) in [5.41, 5.74) is 1.89. The van der Waals surface area contributed by atoms with Crippen LogP contribution in [-0.4, -0.2) is 72.4 Å². The van der Waals surface area contributed by atoms with Gasteiger partial charge in [0.1, 0.15) is 6.33 Å². The zero-order valence-electron chi connectivity index (χ0n) is 17.8. The van der Waals surface area contributed by atoms with Gasteiger partial charge in [-0.15, -0.1) is 0 Å². The number of nitrogens with one attached hydrogen (secondary N) is 1. The molecule has 2 aliphatic carbocycles. The van der Waals surface area contributed by atoms with E-state index in [2.05, 4.69) is 14.7 Å². The summed E-state index contributed by atoms with van der Waals surface area (Å²) in [6.45, 7) is 2.65. The standard InChI is InChI=1S/C21H30N4O5S/c1-13-20-14-2-4-15(5-3-14)29-10-18-17(24-31(27,28)16-6-7-16)8-9-25(18)19(26)11-30-21(20)23-12-22-13/h12,14-18,24H,2-11H2,1H3/t14-,15+,17-,18-/m0/s1. The Morgan fingerprint density at radius 2 is 1.87 bits per heavy atom. The molecule has 3 aliphatic heterocycles. The van der Waals surface area contributed by atoms with Crippen molar-refractivity contribution in [2.45, 2.75) is 81.2 Å². The first-order valence-corrected chi connectivity index (χ1v) is 12.8. The van der Waals surface area contributed by atoms with Gasteiger partial charge in [0.15, 0.2) is 6.61 Å². The minimum atomic E-state index is -3.34. The third-order valence-corrected chi connectivity index (χ3v) is 9.09. The lowest BCUT2D eigenvalue weighted by Crippen LogP contribution is -2.51. The average Bonchev–Trinajstić information content (AvgIpc) is 3.54. The third-order valence-electron chi connectivity index (χ3n) is 7.11. The van der Waals surface area contributed by atoms with Crippen LogP contribution in [0.2, 0.25) is 0 Å². The summed E-state index contributed by atoms with van der Waals surface area (Å²) in [5, 5.41) is -0.286. The van der Waals surface area contributed by atoms with Gasteiger partial charge in [0, 0.05) is 23.8 Å². The second kappa shape index (κ2) is 8.29. The molecule has 9 nitrogen and oxygen atoms in total. The number of rotatable bonds is 3. The molecule has 2 bridgehead atoms. The number of carbonyl (C=O) groups is 1. The lowest BCUT2D eigenvalue weighted by molar-refractivity contribution is -0.136. The first-order chi connectivity index (χ1) is 14.9. The molecule has 0 unspecified atom stereocenters. The predicted octanol–water partition coefficient (Wildman–Crippen LogP) is 1.27. The Balaban J connectivity index is 1.40. The van der Waals surface area contributed by atoms with Gasteiger partial charge in [0.2, 0.25) is 15.9 Å². The molecule has 10 heteroatoms. The van der Waals surface area contributed by atoms with Crippen LogP contribution in [0.1, 0.15) is 62.1 Å². The summed E-state index contributed by atoms with van der Waals surface area (Å²) in [4.78, 5) is 23.5. The number of aromatic nitrogens is 2. The number of hydrogen-bond donors (Lipinski definition) is 1. The fraction of sp³-hybridized carbons (Fsp3) is 0.762. The maximum atomic E-state index is 13.1. The highest BCUT2D eigenvalue weighted by Gasteiger charge is 2.44. The highest BCUT2D eigenvalue weighted by Crippen LogP contribution is 2.39. The minimum absolute atomic E-state index is 0.115. The maximum Gasteiger partial charge on any atom is 0.260 e. The highest BCUT2D eigenvalue weighted by atomic mass is 32.2. The van der Waals surface area contributed by atoms with Crippen LogP contribution in [0.4, 0.5) is 0 Å². The minimum Gasteiger partial charge on any atom is -0.467 e. The zero-order valence-corrected chi connectivity index (χ0v) is 18.6. The van der Waals surface area contributed by atoms with Gasteiger partial charge in [-0.1, -0.05) is 0 Å². The monoisotopic (exact) mass is 450 g/mol. The first kappa shape index (κ1) is 21.1. The number of fused-ring (bicyclic) bond motifs is 5. The number of ether oxygens (including phenoxy) is 2. The Bertz CT molecular complexity index is 943. The van der Waals surface area contributed by atoms with E-state index in [1.165, 1.54) is 6.33 Å². The summed E-state index contributed by atoms with van der Waals surface area (Å²) in [6, 6.07) is -0.650. The van der Waals surface area contributed by atoms with Gasteiger partial charge in [0.05, 0.1) is 24.0 Å². The lowest BCUT2D eigenvalue weighted by atomic mass is 9.82. The van der Waals surface area contributed by atoms with Crippen LogP contribution in [0.25, 0.3) is 0 Å². The molecule has 3 fully saturated rings. The Kier molecular flexibility index (Phi) is 5.64. The molecule has 2 saturated carbocycles. The number of carbonyl (C=O) groups excluding carboxylic acids is 1. The van der Waals surface area contributed by atoms with E-state index in [1.54, 1.807) is 4.90 Å².